The van der Waals surface area contributed by atoms with Gasteiger partial charge in [0.2, 0.25) is 0 Å². The highest BCUT2D eigenvalue weighted by Crippen LogP contribution is 2.15. The molecule has 0 unspecified atom stereocenters. The fourth-order valence-electron chi connectivity index (χ4n) is 1.11. The predicted octanol–water partition coefficient (Wildman–Crippen LogP) is 3.40. The fourth-order valence-corrected chi connectivity index (χ4v) is 3.53. The summed E-state index contributed by atoms with van der Waals surface area (Å²) in [6.07, 6.45) is 2.59. The van der Waals surface area contributed by atoms with Gasteiger partial charge < -0.3 is 4.43 Å². The van der Waals surface area contributed by atoms with Crippen LogP contribution in [0.4, 0.5) is 0 Å². The van der Waals surface area contributed by atoms with Gasteiger partial charge in [-0.2, -0.15) is 0 Å². The topological polar surface area (TPSA) is 9.23 Å². The van der Waals surface area contributed by atoms with Crippen molar-refractivity contribution in [3.8, 4) is 0 Å². The second-order valence-corrected chi connectivity index (χ2v) is 8.44. The Hall–Kier alpha value is 0.657. The van der Waals surface area contributed by atoms with Gasteiger partial charge in [0, 0.05) is 11.9 Å². The van der Waals surface area contributed by atoms with Gasteiger partial charge >= 0.3 is 0 Å². The fraction of sp³-hybridized carbons (Fsp3) is 1.00. The molecule has 0 aliphatic heterocycles. The van der Waals surface area contributed by atoms with Crippen molar-refractivity contribution in [1.29, 1.82) is 0 Å². The minimum absolute atomic E-state index is 0.882. The zero-order valence-corrected chi connectivity index (χ0v) is 10.4. The Bertz CT molecular complexity index is 96.1. The third kappa shape index (κ3) is 7.03. The molecule has 0 rings (SSSR count). The van der Waals surface area contributed by atoms with E-state index in [2.05, 4.69) is 35.9 Å². The molecule has 1 nitrogen and oxygen atoms in total. The number of hydrogen-bond acceptors (Lipinski definition) is 1. The summed E-state index contributed by atoms with van der Waals surface area (Å²) in [5, 5.41) is 1.13. The van der Waals surface area contributed by atoms with E-state index in [0.717, 1.165) is 11.9 Å². The largest absolute Gasteiger partial charge is 0.418 e. The van der Waals surface area contributed by atoms with Crippen LogP contribution in [-0.4, -0.2) is 20.3 Å². The highest BCUT2D eigenvalue weighted by Gasteiger charge is 2.20. The van der Waals surface area contributed by atoms with Crippen LogP contribution in [-0.2, 0) is 4.43 Å². The van der Waals surface area contributed by atoms with E-state index in [4.69, 9.17) is 4.43 Å². The highest BCUT2D eigenvalue weighted by molar-refractivity contribution is 9.09. The summed E-state index contributed by atoms with van der Waals surface area (Å²) in [6, 6.07) is 1.30. The number of alkyl halides is 1. The first kappa shape index (κ1) is 11.7. The maximum absolute atomic E-state index is 5.70. The molecule has 0 aliphatic rings. The Labute approximate surface area is 79.8 Å². The molecule has 0 N–H and O–H groups in total. The summed E-state index contributed by atoms with van der Waals surface area (Å²) in [7, 11) is -1.26. The van der Waals surface area contributed by atoms with Crippen molar-refractivity contribution >= 4 is 24.2 Å². The second kappa shape index (κ2) is 6.20. The van der Waals surface area contributed by atoms with Gasteiger partial charge in [-0.15, -0.1) is 0 Å². The molecule has 68 valence electrons. The molecule has 0 aromatic heterocycles. The summed E-state index contributed by atoms with van der Waals surface area (Å²) >= 11 is 3.43. The molecule has 3 heteroatoms. The SMILES string of the molecule is CCO[Si](C)(C)CCCCBr. The summed E-state index contributed by atoms with van der Waals surface area (Å²) < 4.78 is 5.70. The lowest BCUT2D eigenvalue weighted by Gasteiger charge is -2.21. The third-order valence-corrected chi connectivity index (χ3v) is 4.89. The molecular weight excluding hydrogens is 220 g/mol. The average Bonchev–Trinajstić information content (AvgIpc) is 1.87. The molecule has 0 bridgehead atoms. The Kier molecular flexibility index (Phi) is 6.57. The van der Waals surface area contributed by atoms with E-state index >= 15 is 0 Å². The van der Waals surface area contributed by atoms with Crippen LogP contribution in [0.25, 0.3) is 0 Å². The van der Waals surface area contributed by atoms with Crippen molar-refractivity contribution in [3.63, 3.8) is 0 Å². The second-order valence-electron chi connectivity index (χ2n) is 3.34. The third-order valence-electron chi connectivity index (χ3n) is 1.70. The van der Waals surface area contributed by atoms with Crippen LogP contribution in [0.15, 0.2) is 0 Å². The van der Waals surface area contributed by atoms with Crippen LogP contribution in [0, 0.1) is 0 Å². The number of halogens is 1. The van der Waals surface area contributed by atoms with Crippen molar-refractivity contribution in [2.24, 2.45) is 0 Å². The van der Waals surface area contributed by atoms with Gasteiger partial charge in [0.25, 0.3) is 0 Å². The number of unbranched alkanes of at least 4 members (excludes halogenated alkanes) is 1. The lowest BCUT2D eigenvalue weighted by molar-refractivity contribution is 0.328. The van der Waals surface area contributed by atoms with E-state index < -0.39 is 8.32 Å². The van der Waals surface area contributed by atoms with Gasteiger partial charge in [0.1, 0.15) is 0 Å². The van der Waals surface area contributed by atoms with E-state index in [1.54, 1.807) is 0 Å². The zero-order valence-electron chi connectivity index (χ0n) is 7.82. The molecule has 0 amide bonds. The van der Waals surface area contributed by atoms with Gasteiger partial charge in [0.05, 0.1) is 0 Å². The van der Waals surface area contributed by atoms with Crippen molar-refractivity contribution in [2.45, 2.75) is 38.9 Å². The van der Waals surface area contributed by atoms with E-state index in [9.17, 15) is 0 Å². The minimum Gasteiger partial charge on any atom is -0.418 e. The molecular formula is C8H19BrOSi. The molecule has 0 saturated carbocycles. The normalized spacial score (nSPS) is 12.0. The Balaban J connectivity index is 3.38. The van der Waals surface area contributed by atoms with Crippen molar-refractivity contribution in [1.82, 2.24) is 0 Å². The smallest absolute Gasteiger partial charge is 0.186 e. The summed E-state index contributed by atoms with van der Waals surface area (Å²) in [6.45, 7) is 7.56. The summed E-state index contributed by atoms with van der Waals surface area (Å²) in [4.78, 5) is 0. The first-order chi connectivity index (χ1) is 5.12. The van der Waals surface area contributed by atoms with Gasteiger partial charge in [-0.05, 0) is 32.5 Å². The van der Waals surface area contributed by atoms with Crippen molar-refractivity contribution < 1.29 is 4.43 Å². The van der Waals surface area contributed by atoms with Crippen LogP contribution in [0.3, 0.4) is 0 Å². The summed E-state index contributed by atoms with van der Waals surface area (Å²) in [5.41, 5.74) is 0. The lowest BCUT2D eigenvalue weighted by atomic mass is 10.4. The molecule has 0 spiro atoms. The first-order valence-electron chi connectivity index (χ1n) is 4.32. The van der Waals surface area contributed by atoms with Crippen LogP contribution in [0.5, 0.6) is 0 Å². The zero-order chi connectivity index (χ0) is 8.74. The molecule has 0 aliphatic carbocycles. The molecule has 0 aromatic rings. The van der Waals surface area contributed by atoms with E-state index in [1.165, 1.54) is 18.9 Å². The van der Waals surface area contributed by atoms with Gasteiger partial charge in [-0.3, -0.25) is 0 Å². The van der Waals surface area contributed by atoms with Crippen molar-refractivity contribution in [2.75, 3.05) is 11.9 Å². The van der Waals surface area contributed by atoms with Gasteiger partial charge in [0.15, 0.2) is 8.32 Å². The van der Waals surface area contributed by atoms with E-state index in [1.807, 2.05) is 0 Å². The van der Waals surface area contributed by atoms with E-state index in [0.29, 0.717) is 0 Å². The maximum Gasteiger partial charge on any atom is 0.186 e. The van der Waals surface area contributed by atoms with Crippen LogP contribution < -0.4 is 0 Å². The van der Waals surface area contributed by atoms with Crippen LogP contribution in [0.2, 0.25) is 19.1 Å². The summed E-state index contributed by atoms with van der Waals surface area (Å²) in [5.74, 6) is 0. The maximum atomic E-state index is 5.70. The molecule has 11 heavy (non-hydrogen) atoms. The molecule has 0 saturated heterocycles. The Morgan fingerprint density at radius 1 is 1.27 bits per heavy atom. The monoisotopic (exact) mass is 238 g/mol. The standard InChI is InChI=1S/C8H19BrOSi/c1-4-10-11(2,3)8-6-5-7-9/h4-8H2,1-3H3. The molecule has 0 aromatic carbocycles. The minimum atomic E-state index is -1.26. The quantitative estimate of drug-likeness (QED) is 0.392. The first-order valence-corrected chi connectivity index (χ1v) is 8.56. The molecule has 0 radical (unpaired) electrons. The predicted molar refractivity (Wildman–Crippen MR) is 56.9 cm³/mol. The number of rotatable bonds is 6. The van der Waals surface area contributed by atoms with Crippen molar-refractivity contribution in [3.05, 3.63) is 0 Å². The lowest BCUT2D eigenvalue weighted by Crippen LogP contribution is -2.29. The Morgan fingerprint density at radius 3 is 2.36 bits per heavy atom. The molecule has 0 fully saturated rings. The van der Waals surface area contributed by atoms with Gasteiger partial charge in [-0.25, -0.2) is 0 Å². The molecule has 0 atom stereocenters. The number of hydrogen-bond donors (Lipinski definition) is 0. The van der Waals surface area contributed by atoms with Gasteiger partial charge in [-0.1, -0.05) is 22.4 Å². The molecule has 0 heterocycles. The highest BCUT2D eigenvalue weighted by atomic mass is 79.9. The van der Waals surface area contributed by atoms with Crippen LogP contribution >= 0.6 is 15.9 Å². The van der Waals surface area contributed by atoms with E-state index in [-0.39, 0.29) is 0 Å². The van der Waals surface area contributed by atoms with Crippen LogP contribution in [0.1, 0.15) is 19.8 Å². The Morgan fingerprint density at radius 2 is 1.91 bits per heavy atom. The average molecular weight is 239 g/mol.